The van der Waals surface area contributed by atoms with Crippen LogP contribution in [0, 0.1) is 10.1 Å². The third-order valence-electron chi connectivity index (χ3n) is 5.33. The van der Waals surface area contributed by atoms with Crippen LogP contribution in [0.4, 0.5) is 5.69 Å². The Balaban J connectivity index is 1.37. The summed E-state index contributed by atoms with van der Waals surface area (Å²) in [5.74, 6) is 0.874. The van der Waals surface area contributed by atoms with Gasteiger partial charge in [0.2, 0.25) is 0 Å². The molecule has 172 valence electrons. The standard InChI is InChI=1S/C23H29N3O6/c1-25(19-9-12-30-13-10-19)11-14-31-22-4-2-3-18(15-22)16-24-23(27)17-32-21-7-5-20(6-8-21)26(28)29/h2-8,15,19H,9-14,16-17H2,1H3,(H,24,27). The van der Waals surface area contributed by atoms with Gasteiger partial charge in [-0.2, -0.15) is 0 Å². The van der Waals surface area contributed by atoms with Gasteiger partial charge in [-0.25, -0.2) is 0 Å². The van der Waals surface area contributed by atoms with Gasteiger partial charge < -0.3 is 19.5 Å². The second-order valence-electron chi connectivity index (χ2n) is 7.64. The summed E-state index contributed by atoms with van der Waals surface area (Å²) >= 11 is 0. The van der Waals surface area contributed by atoms with Gasteiger partial charge in [-0.05, 0) is 49.7 Å². The van der Waals surface area contributed by atoms with Crippen LogP contribution in [0.25, 0.3) is 0 Å². The van der Waals surface area contributed by atoms with Gasteiger partial charge in [0.05, 0.1) is 4.92 Å². The molecule has 1 aliphatic heterocycles. The molecule has 0 unspecified atom stereocenters. The van der Waals surface area contributed by atoms with Crippen LogP contribution in [0.1, 0.15) is 18.4 Å². The molecule has 0 aromatic heterocycles. The lowest BCUT2D eigenvalue weighted by Gasteiger charge is -2.31. The normalized spacial score (nSPS) is 14.2. The van der Waals surface area contributed by atoms with Gasteiger partial charge in [-0.3, -0.25) is 19.8 Å². The summed E-state index contributed by atoms with van der Waals surface area (Å²) in [6.45, 7) is 3.25. The molecule has 0 saturated carbocycles. The van der Waals surface area contributed by atoms with E-state index < -0.39 is 4.92 Å². The number of likely N-dealkylation sites (N-methyl/N-ethyl adjacent to an activating group) is 1. The number of ether oxygens (including phenoxy) is 3. The number of carbonyl (C=O) groups excluding carboxylic acids is 1. The van der Waals surface area contributed by atoms with E-state index in [2.05, 4.69) is 17.3 Å². The molecular weight excluding hydrogens is 414 g/mol. The van der Waals surface area contributed by atoms with E-state index in [0.717, 1.165) is 43.9 Å². The van der Waals surface area contributed by atoms with E-state index in [-0.39, 0.29) is 18.2 Å². The second kappa shape index (κ2) is 12.0. The van der Waals surface area contributed by atoms with Crippen molar-refractivity contribution in [3.05, 3.63) is 64.2 Å². The SMILES string of the molecule is CN(CCOc1cccc(CNC(=O)COc2ccc([N+](=O)[O-])cc2)c1)C1CCOCC1. The summed E-state index contributed by atoms with van der Waals surface area (Å²) in [5, 5.41) is 13.5. The first kappa shape index (κ1) is 23.5. The van der Waals surface area contributed by atoms with Gasteiger partial charge in [0, 0.05) is 44.5 Å². The molecule has 1 saturated heterocycles. The summed E-state index contributed by atoms with van der Waals surface area (Å²) < 4.78 is 16.7. The number of hydrogen-bond donors (Lipinski definition) is 1. The quantitative estimate of drug-likeness (QED) is 0.421. The molecular formula is C23H29N3O6. The Morgan fingerprint density at radius 2 is 1.91 bits per heavy atom. The number of non-ortho nitro benzene ring substituents is 1. The van der Waals surface area contributed by atoms with E-state index in [9.17, 15) is 14.9 Å². The van der Waals surface area contributed by atoms with Crippen LogP contribution in [0.5, 0.6) is 11.5 Å². The molecule has 0 aliphatic carbocycles. The number of hydrogen-bond acceptors (Lipinski definition) is 7. The highest BCUT2D eigenvalue weighted by atomic mass is 16.6. The molecule has 0 spiro atoms. The van der Waals surface area contributed by atoms with Gasteiger partial charge in [0.25, 0.3) is 11.6 Å². The van der Waals surface area contributed by atoms with Crippen LogP contribution in [-0.4, -0.2) is 61.8 Å². The molecule has 9 nitrogen and oxygen atoms in total. The van der Waals surface area contributed by atoms with Gasteiger partial charge >= 0.3 is 0 Å². The van der Waals surface area contributed by atoms with E-state index in [4.69, 9.17) is 14.2 Å². The molecule has 3 rings (SSSR count). The Morgan fingerprint density at radius 3 is 2.62 bits per heavy atom. The second-order valence-corrected chi connectivity index (χ2v) is 7.64. The first-order valence-corrected chi connectivity index (χ1v) is 10.6. The fraction of sp³-hybridized carbons (Fsp3) is 0.435. The Bertz CT molecular complexity index is 884. The molecule has 0 bridgehead atoms. The molecule has 0 atom stereocenters. The highest BCUT2D eigenvalue weighted by Gasteiger charge is 2.18. The topological polar surface area (TPSA) is 103 Å². The van der Waals surface area contributed by atoms with Crippen LogP contribution in [0.2, 0.25) is 0 Å². The van der Waals surface area contributed by atoms with E-state index in [1.165, 1.54) is 24.3 Å². The molecule has 2 aromatic carbocycles. The van der Waals surface area contributed by atoms with Crippen molar-refractivity contribution in [2.75, 3.05) is 40.0 Å². The molecule has 32 heavy (non-hydrogen) atoms. The summed E-state index contributed by atoms with van der Waals surface area (Å²) in [7, 11) is 2.12. The van der Waals surface area contributed by atoms with Crippen molar-refractivity contribution in [3.8, 4) is 11.5 Å². The highest BCUT2D eigenvalue weighted by Crippen LogP contribution is 2.17. The fourth-order valence-electron chi connectivity index (χ4n) is 3.43. The van der Waals surface area contributed by atoms with Crippen molar-refractivity contribution in [1.82, 2.24) is 10.2 Å². The van der Waals surface area contributed by atoms with Gasteiger partial charge in [-0.1, -0.05) is 12.1 Å². The minimum absolute atomic E-state index is 0.0286. The zero-order valence-corrected chi connectivity index (χ0v) is 18.2. The first-order chi connectivity index (χ1) is 15.5. The lowest BCUT2D eigenvalue weighted by molar-refractivity contribution is -0.384. The summed E-state index contributed by atoms with van der Waals surface area (Å²) in [5.41, 5.74) is 0.892. The van der Waals surface area contributed by atoms with E-state index >= 15 is 0 Å². The number of nitro benzene ring substituents is 1. The zero-order valence-electron chi connectivity index (χ0n) is 18.2. The number of benzene rings is 2. The molecule has 2 aromatic rings. The minimum atomic E-state index is -0.487. The Labute approximate surface area is 187 Å². The fourth-order valence-corrected chi connectivity index (χ4v) is 3.43. The molecule has 1 N–H and O–H groups in total. The van der Waals surface area contributed by atoms with Crippen molar-refractivity contribution >= 4 is 11.6 Å². The Kier molecular flexibility index (Phi) is 8.82. The maximum absolute atomic E-state index is 12.1. The summed E-state index contributed by atoms with van der Waals surface area (Å²) in [6.07, 6.45) is 2.11. The number of nitrogens with zero attached hydrogens (tertiary/aromatic N) is 2. The average molecular weight is 444 g/mol. The monoisotopic (exact) mass is 443 g/mol. The smallest absolute Gasteiger partial charge is 0.269 e. The van der Waals surface area contributed by atoms with E-state index in [0.29, 0.717) is 24.9 Å². The van der Waals surface area contributed by atoms with Crippen molar-refractivity contribution in [3.63, 3.8) is 0 Å². The predicted octanol–water partition coefficient (Wildman–Crippen LogP) is 2.78. The summed E-state index contributed by atoms with van der Waals surface area (Å²) in [6, 6.07) is 13.8. The maximum atomic E-state index is 12.1. The third kappa shape index (κ3) is 7.51. The highest BCUT2D eigenvalue weighted by molar-refractivity contribution is 5.77. The lowest BCUT2D eigenvalue weighted by Crippen LogP contribution is -2.38. The average Bonchev–Trinajstić information content (AvgIpc) is 2.82. The molecule has 9 heteroatoms. The molecule has 1 aliphatic rings. The van der Waals surface area contributed by atoms with Crippen LogP contribution < -0.4 is 14.8 Å². The van der Waals surface area contributed by atoms with Gasteiger partial charge in [0.15, 0.2) is 6.61 Å². The Morgan fingerprint density at radius 1 is 1.16 bits per heavy atom. The predicted molar refractivity (Wildman–Crippen MR) is 119 cm³/mol. The lowest BCUT2D eigenvalue weighted by atomic mass is 10.1. The minimum Gasteiger partial charge on any atom is -0.492 e. The van der Waals surface area contributed by atoms with Crippen molar-refractivity contribution < 1.29 is 23.9 Å². The Hall–Kier alpha value is -3.17. The first-order valence-electron chi connectivity index (χ1n) is 10.6. The molecule has 1 amide bonds. The van der Waals surface area contributed by atoms with Crippen LogP contribution in [0.3, 0.4) is 0 Å². The van der Waals surface area contributed by atoms with Gasteiger partial charge in [-0.15, -0.1) is 0 Å². The zero-order chi connectivity index (χ0) is 22.8. The van der Waals surface area contributed by atoms with E-state index in [1.54, 1.807) is 0 Å². The number of nitrogens with one attached hydrogen (secondary N) is 1. The third-order valence-corrected chi connectivity index (χ3v) is 5.33. The number of nitro groups is 1. The van der Waals surface area contributed by atoms with Crippen LogP contribution >= 0.6 is 0 Å². The number of carbonyl (C=O) groups is 1. The van der Waals surface area contributed by atoms with Gasteiger partial charge in [0.1, 0.15) is 18.1 Å². The van der Waals surface area contributed by atoms with Crippen molar-refractivity contribution in [1.29, 1.82) is 0 Å². The van der Waals surface area contributed by atoms with Crippen LogP contribution in [0.15, 0.2) is 48.5 Å². The largest absolute Gasteiger partial charge is 0.492 e. The molecule has 1 heterocycles. The van der Waals surface area contributed by atoms with E-state index in [1.807, 2.05) is 24.3 Å². The molecule has 0 radical (unpaired) electrons. The van der Waals surface area contributed by atoms with Crippen molar-refractivity contribution in [2.45, 2.75) is 25.4 Å². The van der Waals surface area contributed by atoms with Crippen molar-refractivity contribution in [2.24, 2.45) is 0 Å². The maximum Gasteiger partial charge on any atom is 0.269 e. The summed E-state index contributed by atoms with van der Waals surface area (Å²) in [4.78, 5) is 24.5. The molecule has 1 fully saturated rings. The number of amides is 1. The van der Waals surface area contributed by atoms with Crippen LogP contribution in [-0.2, 0) is 16.1 Å². The number of rotatable bonds is 11.